The Kier molecular flexibility index (Phi) is 4.42. The van der Waals surface area contributed by atoms with Crippen molar-refractivity contribution in [1.29, 1.82) is 0 Å². The van der Waals surface area contributed by atoms with Gasteiger partial charge in [-0.25, -0.2) is 0 Å². The van der Waals surface area contributed by atoms with Gasteiger partial charge in [-0.15, -0.1) is 0 Å². The molecule has 0 bridgehead atoms. The molecule has 1 aliphatic heterocycles. The van der Waals surface area contributed by atoms with Crippen molar-refractivity contribution in [2.24, 2.45) is 0 Å². The lowest BCUT2D eigenvalue weighted by atomic mass is 9.97. The SMILES string of the molecule is Cc1cccc(CC(=O)NCCC2C(=O)Nc3ccccc32)c1. The molecule has 118 valence electrons. The number of anilines is 1. The lowest BCUT2D eigenvalue weighted by Gasteiger charge is -2.10. The van der Waals surface area contributed by atoms with Gasteiger partial charge in [-0.05, 0) is 30.5 Å². The zero-order valence-electron chi connectivity index (χ0n) is 13.1. The number of para-hydroxylation sites is 1. The van der Waals surface area contributed by atoms with Crippen LogP contribution in [0, 0.1) is 6.92 Å². The fraction of sp³-hybridized carbons (Fsp3) is 0.263. The molecule has 1 unspecified atom stereocenters. The van der Waals surface area contributed by atoms with E-state index in [0.717, 1.165) is 22.4 Å². The smallest absolute Gasteiger partial charge is 0.232 e. The van der Waals surface area contributed by atoms with Gasteiger partial charge in [0, 0.05) is 12.2 Å². The number of rotatable bonds is 5. The molecule has 0 radical (unpaired) electrons. The molecule has 0 spiro atoms. The summed E-state index contributed by atoms with van der Waals surface area (Å²) in [5.74, 6) is -0.174. The molecule has 0 saturated carbocycles. The van der Waals surface area contributed by atoms with Crippen LogP contribution in [0.1, 0.15) is 29.0 Å². The minimum Gasteiger partial charge on any atom is -0.356 e. The van der Waals surface area contributed by atoms with Crippen molar-refractivity contribution in [1.82, 2.24) is 5.32 Å². The summed E-state index contributed by atoms with van der Waals surface area (Å²) in [5.41, 5.74) is 4.06. The Labute approximate surface area is 135 Å². The fourth-order valence-electron chi connectivity index (χ4n) is 2.99. The van der Waals surface area contributed by atoms with Crippen molar-refractivity contribution < 1.29 is 9.59 Å². The average Bonchev–Trinajstić information content (AvgIpc) is 2.83. The first-order chi connectivity index (χ1) is 11.1. The highest BCUT2D eigenvalue weighted by Gasteiger charge is 2.29. The highest BCUT2D eigenvalue weighted by molar-refractivity contribution is 6.02. The highest BCUT2D eigenvalue weighted by atomic mass is 16.2. The Hall–Kier alpha value is -2.62. The number of aryl methyl sites for hydroxylation is 1. The van der Waals surface area contributed by atoms with E-state index in [0.29, 0.717) is 19.4 Å². The standard InChI is InChI=1S/C19H20N2O2/c1-13-5-4-6-14(11-13)12-18(22)20-10-9-16-15-7-2-3-8-17(15)21-19(16)23/h2-8,11,16H,9-10,12H2,1H3,(H,20,22)(H,21,23). The topological polar surface area (TPSA) is 58.2 Å². The molecule has 2 aromatic carbocycles. The molecule has 2 aromatic rings. The molecular formula is C19H20N2O2. The number of nitrogens with one attached hydrogen (secondary N) is 2. The monoisotopic (exact) mass is 308 g/mol. The Morgan fingerprint density at radius 1 is 1.17 bits per heavy atom. The molecule has 4 nitrogen and oxygen atoms in total. The van der Waals surface area contributed by atoms with Gasteiger partial charge in [0.05, 0.1) is 12.3 Å². The van der Waals surface area contributed by atoms with Crippen molar-refractivity contribution in [3.63, 3.8) is 0 Å². The van der Waals surface area contributed by atoms with E-state index in [-0.39, 0.29) is 17.7 Å². The number of benzene rings is 2. The minimum absolute atomic E-state index is 0.0118. The maximum Gasteiger partial charge on any atom is 0.232 e. The number of carbonyl (C=O) groups excluding carboxylic acids is 2. The summed E-state index contributed by atoms with van der Waals surface area (Å²) in [6.07, 6.45) is 0.984. The molecule has 23 heavy (non-hydrogen) atoms. The number of fused-ring (bicyclic) bond motifs is 1. The average molecular weight is 308 g/mol. The molecular weight excluding hydrogens is 288 g/mol. The van der Waals surface area contributed by atoms with Crippen LogP contribution in [-0.4, -0.2) is 18.4 Å². The molecule has 2 amide bonds. The van der Waals surface area contributed by atoms with Crippen molar-refractivity contribution in [2.75, 3.05) is 11.9 Å². The van der Waals surface area contributed by atoms with Crippen molar-refractivity contribution in [2.45, 2.75) is 25.7 Å². The minimum atomic E-state index is -0.175. The quantitative estimate of drug-likeness (QED) is 0.892. The Balaban J connectivity index is 1.52. The van der Waals surface area contributed by atoms with Gasteiger partial charge >= 0.3 is 0 Å². The van der Waals surface area contributed by atoms with E-state index < -0.39 is 0 Å². The van der Waals surface area contributed by atoms with Crippen LogP contribution in [0.4, 0.5) is 5.69 Å². The Morgan fingerprint density at radius 3 is 2.83 bits per heavy atom. The first-order valence-electron chi connectivity index (χ1n) is 7.85. The van der Waals surface area contributed by atoms with Gasteiger partial charge in [0.25, 0.3) is 0 Å². The van der Waals surface area contributed by atoms with Crippen molar-refractivity contribution in [3.05, 3.63) is 65.2 Å². The number of amides is 2. The number of carbonyl (C=O) groups is 2. The molecule has 0 fully saturated rings. The first-order valence-corrected chi connectivity index (χ1v) is 7.85. The third kappa shape index (κ3) is 3.59. The van der Waals surface area contributed by atoms with Crippen LogP contribution in [0.5, 0.6) is 0 Å². The van der Waals surface area contributed by atoms with Gasteiger partial charge in [-0.1, -0.05) is 48.0 Å². The van der Waals surface area contributed by atoms with E-state index in [1.54, 1.807) is 0 Å². The maximum absolute atomic E-state index is 12.0. The van der Waals surface area contributed by atoms with E-state index in [1.165, 1.54) is 0 Å². The molecule has 0 saturated heterocycles. The predicted molar refractivity (Wildman–Crippen MR) is 90.3 cm³/mol. The number of hydrogen-bond donors (Lipinski definition) is 2. The third-order valence-corrected chi connectivity index (χ3v) is 4.11. The summed E-state index contributed by atoms with van der Waals surface area (Å²) >= 11 is 0. The van der Waals surface area contributed by atoms with E-state index in [4.69, 9.17) is 0 Å². The van der Waals surface area contributed by atoms with Crippen LogP contribution in [0.25, 0.3) is 0 Å². The van der Waals surface area contributed by atoms with Crippen LogP contribution in [0.2, 0.25) is 0 Å². The molecule has 0 aromatic heterocycles. The van der Waals surface area contributed by atoms with Crippen LogP contribution in [0.15, 0.2) is 48.5 Å². The second-order valence-corrected chi connectivity index (χ2v) is 5.93. The number of hydrogen-bond acceptors (Lipinski definition) is 2. The zero-order chi connectivity index (χ0) is 16.2. The Bertz CT molecular complexity index is 740. The van der Waals surface area contributed by atoms with Gasteiger partial charge in [0.2, 0.25) is 11.8 Å². The second kappa shape index (κ2) is 6.65. The van der Waals surface area contributed by atoms with E-state index in [1.807, 2.05) is 55.5 Å². The lowest BCUT2D eigenvalue weighted by molar-refractivity contribution is -0.121. The summed E-state index contributed by atoms with van der Waals surface area (Å²) in [5, 5.41) is 5.79. The van der Waals surface area contributed by atoms with Crippen molar-refractivity contribution in [3.8, 4) is 0 Å². The first kappa shape index (κ1) is 15.3. The van der Waals surface area contributed by atoms with Crippen LogP contribution in [-0.2, 0) is 16.0 Å². The summed E-state index contributed by atoms with van der Waals surface area (Å²) in [6, 6.07) is 15.6. The highest BCUT2D eigenvalue weighted by Crippen LogP contribution is 2.33. The van der Waals surface area contributed by atoms with Gasteiger partial charge in [-0.3, -0.25) is 9.59 Å². The van der Waals surface area contributed by atoms with Gasteiger partial charge in [-0.2, -0.15) is 0 Å². The van der Waals surface area contributed by atoms with Crippen LogP contribution < -0.4 is 10.6 Å². The van der Waals surface area contributed by atoms with Gasteiger partial charge in [0.1, 0.15) is 0 Å². The molecule has 1 heterocycles. The molecule has 2 N–H and O–H groups in total. The summed E-state index contributed by atoms with van der Waals surface area (Å²) in [4.78, 5) is 24.0. The normalized spacial score (nSPS) is 15.9. The lowest BCUT2D eigenvalue weighted by Crippen LogP contribution is -2.28. The van der Waals surface area contributed by atoms with Crippen LogP contribution >= 0.6 is 0 Å². The van der Waals surface area contributed by atoms with Gasteiger partial charge in [0.15, 0.2) is 0 Å². The molecule has 1 aliphatic rings. The third-order valence-electron chi connectivity index (χ3n) is 4.11. The van der Waals surface area contributed by atoms with E-state index >= 15 is 0 Å². The largest absolute Gasteiger partial charge is 0.356 e. The van der Waals surface area contributed by atoms with Crippen LogP contribution in [0.3, 0.4) is 0 Å². The Morgan fingerprint density at radius 2 is 2.00 bits per heavy atom. The molecule has 4 heteroatoms. The summed E-state index contributed by atoms with van der Waals surface area (Å²) in [7, 11) is 0. The summed E-state index contributed by atoms with van der Waals surface area (Å²) in [6.45, 7) is 2.51. The molecule has 3 rings (SSSR count). The van der Waals surface area contributed by atoms with Gasteiger partial charge < -0.3 is 10.6 Å². The predicted octanol–water partition coefficient (Wildman–Crippen LogP) is 2.78. The zero-order valence-corrected chi connectivity index (χ0v) is 13.1. The van der Waals surface area contributed by atoms with Crippen molar-refractivity contribution >= 4 is 17.5 Å². The summed E-state index contributed by atoms with van der Waals surface area (Å²) < 4.78 is 0. The van der Waals surface area contributed by atoms with E-state index in [9.17, 15) is 9.59 Å². The maximum atomic E-state index is 12.0. The van der Waals surface area contributed by atoms with E-state index in [2.05, 4.69) is 10.6 Å². The molecule has 1 atom stereocenters. The molecule has 0 aliphatic carbocycles. The fourth-order valence-corrected chi connectivity index (χ4v) is 2.99. The second-order valence-electron chi connectivity index (χ2n) is 5.93.